The third-order valence-electron chi connectivity index (χ3n) is 4.44. The normalized spacial score (nSPS) is 13.1. The van der Waals surface area contributed by atoms with Gasteiger partial charge in [0.2, 0.25) is 0 Å². The van der Waals surface area contributed by atoms with Crippen molar-refractivity contribution in [2.75, 3.05) is 106 Å². The molecule has 0 aromatic carbocycles. The summed E-state index contributed by atoms with van der Waals surface area (Å²) in [7, 11) is 12.5. The molecule has 0 saturated carbocycles. The fraction of sp³-hybridized carbons (Fsp3) is 0.840. The first kappa shape index (κ1) is 56.2. The van der Waals surface area contributed by atoms with Crippen LogP contribution in [0.15, 0.2) is 0 Å². The topological polar surface area (TPSA) is 236 Å². The summed E-state index contributed by atoms with van der Waals surface area (Å²) in [6.07, 6.45) is -3.00. The third kappa shape index (κ3) is 39.4. The van der Waals surface area contributed by atoms with Gasteiger partial charge in [-0.1, -0.05) is 0 Å². The van der Waals surface area contributed by atoms with E-state index in [4.69, 9.17) is 49.6 Å². The Kier molecular flexibility index (Phi) is 51.8. The predicted octanol–water partition coefficient (Wildman–Crippen LogP) is -3.34. The van der Waals surface area contributed by atoms with E-state index in [9.17, 15) is 10.2 Å². The molecule has 16 nitrogen and oxygen atoms in total. The Morgan fingerprint density at radius 1 is 0.422 bits per heavy atom. The second-order valence-corrected chi connectivity index (χ2v) is 8.54. The van der Waals surface area contributed by atoms with Gasteiger partial charge in [0.1, 0.15) is 12.2 Å². The molecule has 4 atom stereocenters. The van der Waals surface area contributed by atoms with Crippen LogP contribution in [0, 0.1) is 33.9 Å². The van der Waals surface area contributed by atoms with Gasteiger partial charge in [-0.05, 0) is 0 Å². The molecule has 0 radical (unpaired) electrons. The first-order valence-corrected chi connectivity index (χ1v) is 12.6. The molecule has 45 heavy (non-hydrogen) atoms. The zero-order valence-corrected chi connectivity index (χ0v) is 52.2. The molecule has 0 bridgehead atoms. The van der Waals surface area contributed by atoms with Gasteiger partial charge in [-0.15, -0.1) is 0 Å². The van der Waals surface area contributed by atoms with Crippen molar-refractivity contribution < 1.29 is 78.7 Å². The van der Waals surface area contributed by atoms with Crippen LogP contribution in [0.5, 0.6) is 0 Å². The Hall–Kier alpha value is -4.64. The Labute approximate surface area is 243 Å². The molecule has 0 aliphatic heterocycles. The zero-order valence-electron chi connectivity index (χ0n) is 26.6. The maximum atomic E-state index is 9.26. The van der Waals surface area contributed by atoms with Gasteiger partial charge in [0, 0.05) is 26.4 Å². The molecule has 0 aromatic heterocycles. The van der Waals surface area contributed by atoms with Crippen LogP contribution in [-0.2, 0) is 37.9 Å². The van der Waals surface area contributed by atoms with E-state index in [0.717, 1.165) is 0 Å². The molecule has 0 spiro atoms. The second-order valence-electron chi connectivity index (χ2n) is 8.54. The summed E-state index contributed by atoms with van der Waals surface area (Å²) in [6, 6.07) is 0. The van der Waals surface area contributed by atoms with Crippen LogP contribution < -0.4 is 0 Å². The molecule has 0 rings (SSSR count). The summed E-state index contributed by atoms with van der Waals surface area (Å²) in [5, 5.41) is 71.3. The summed E-state index contributed by atoms with van der Waals surface area (Å²) in [5.74, 6) is 0. The van der Waals surface area contributed by atoms with Crippen molar-refractivity contribution in [2.45, 2.75) is 24.4 Å². The predicted molar refractivity (Wildman–Crippen MR) is 143 cm³/mol. The van der Waals surface area contributed by atoms with Gasteiger partial charge in [0.15, 0.2) is 0 Å². The summed E-state index contributed by atoms with van der Waals surface area (Å²) in [4.78, 5) is 0. The van der Waals surface area contributed by atoms with Crippen molar-refractivity contribution in [3.05, 3.63) is 28.4 Å². The Morgan fingerprint density at radius 3 is 0.911 bits per heavy atom. The number of hydrogen-bond donors (Lipinski definition) is 8. The molecule has 8 N–H and O–H groups in total. The molecule has 0 saturated heterocycles. The molecular formula is C25H52O16Rf4-4. The largest absolute Gasteiger partial charge is 0.554 e. The molecule has 0 fully saturated rings. The smallest absolute Gasteiger partial charge is 0.101 e. The molecule has 260 valence electrons. The minimum Gasteiger partial charge on any atom is -0.554 e. The van der Waals surface area contributed by atoms with Crippen molar-refractivity contribution in [3.63, 3.8) is 0 Å². The number of hydrogen-bond acceptors (Lipinski definition) is 16. The molecule has 20 heteroatoms. The zero-order chi connectivity index (χ0) is 31.8. The van der Waals surface area contributed by atoms with E-state index in [1.165, 1.54) is 0 Å². The van der Waals surface area contributed by atoms with Gasteiger partial charge < -0.3 is 78.7 Å². The Morgan fingerprint density at radius 2 is 0.689 bits per heavy atom. The van der Waals surface area contributed by atoms with Gasteiger partial charge in [0.25, 0.3) is 0 Å². The first-order chi connectivity index (χ1) is 19.6. The standard InChI is InChI=1S/2C9H19O6.C7H14O4.4Rf/c2*1-13-4-8(11)6-15-7-9(12)5-14-3-2-10;1-10-5-7(3-8,4-9)6-11-2;;;;/h2*8-12H,1-7H2;8-9H,1-6H2;;;;/q2*-1;-2;;;;. The van der Waals surface area contributed by atoms with Gasteiger partial charge in [-0.3, -0.25) is 0 Å². The van der Waals surface area contributed by atoms with Crippen molar-refractivity contribution >= 4 is 0 Å². The molecule has 0 amide bonds. The van der Waals surface area contributed by atoms with E-state index < -0.39 is 29.8 Å². The molecule has 0 heterocycles. The van der Waals surface area contributed by atoms with E-state index >= 15 is 0 Å². The van der Waals surface area contributed by atoms with Crippen molar-refractivity contribution in [1.82, 2.24) is 0 Å². The summed E-state index contributed by atoms with van der Waals surface area (Å²) < 4.78 is 37.7. The number of ether oxygens (including phenoxy) is 8. The van der Waals surface area contributed by atoms with Gasteiger partial charge in [-0.2, -0.15) is 0 Å². The molecule has 0 aromatic rings. The van der Waals surface area contributed by atoms with Crippen LogP contribution >= 0.6 is 0 Å². The van der Waals surface area contributed by atoms with Crippen molar-refractivity contribution in [2.24, 2.45) is 5.41 Å². The van der Waals surface area contributed by atoms with E-state index in [0.29, 0.717) is 0 Å². The second kappa shape index (κ2) is 41.5. The Balaban J connectivity index is -0.0000000933. The van der Waals surface area contributed by atoms with E-state index in [2.05, 4.69) is 47.4 Å². The monoisotopic (exact) mass is 1680 g/mol. The first-order valence-electron chi connectivity index (χ1n) is 12.6. The van der Waals surface area contributed by atoms with Crippen LogP contribution in [0.3, 0.4) is 0 Å². The Bertz CT molecular complexity index is 468. The van der Waals surface area contributed by atoms with Crippen LogP contribution in [0.25, 0.3) is 0 Å². The van der Waals surface area contributed by atoms with Crippen LogP contribution in [-0.4, -0.2) is 171 Å². The average Bonchev–Trinajstić information content (AvgIpc) is 2.94. The van der Waals surface area contributed by atoms with E-state index in [1.807, 2.05) is 0 Å². The molecule has 4 unspecified atom stereocenters. The molecule has 0 aliphatic rings. The minimum atomic E-state index is -0.774. The summed E-state index contributed by atoms with van der Waals surface area (Å²) in [6.45, 7) is 0.774. The van der Waals surface area contributed by atoms with E-state index in [-0.39, 0.29) is 106 Å². The van der Waals surface area contributed by atoms with Crippen LogP contribution in [0.4, 0.5) is 0 Å². The molecule has 0 aliphatic carbocycles. The fourth-order valence-corrected chi connectivity index (χ4v) is 2.42. The van der Waals surface area contributed by atoms with Crippen molar-refractivity contribution in [1.29, 1.82) is 0 Å². The van der Waals surface area contributed by atoms with Crippen LogP contribution in [0.2, 0.25) is 0 Å². The van der Waals surface area contributed by atoms with Crippen LogP contribution in [0.1, 0.15) is 0 Å². The maximum absolute atomic E-state index is 9.26. The van der Waals surface area contributed by atoms with Gasteiger partial charge in [-0.25, -0.2) is 28.4 Å². The van der Waals surface area contributed by atoms with Gasteiger partial charge in [0.05, 0.1) is 96.9 Å². The summed E-state index contributed by atoms with van der Waals surface area (Å²) in [5.41, 5.74) is -0.774. The SMILES string of the molecule is [CH2-]OCC(CO)(CO)CO[CH2-].[CH2-]OCC(O)COCC(O)COCCO.[CH2-]OCC(O)COCC(O)COCCO.[Rf].[Rf].[Rf].[Rf]. The average molecular weight is 1680 g/mol. The number of aliphatic hydroxyl groups is 8. The quantitative estimate of drug-likeness (QED) is 0.0313. The number of rotatable bonds is 26. The van der Waals surface area contributed by atoms with Gasteiger partial charge >= 0.3 is 0 Å². The minimum absolute atomic E-state index is 0. The maximum Gasteiger partial charge on any atom is 0.101 e. The van der Waals surface area contributed by atoms with Crippen molar-refractivity contribution in [3.8, 4) is 0 Å². The number of aliphatic hydroxyl groups excluding tert-OH is 8. The van der Waals surface area contributed by atoms with E-state index in [1.54, 1.807) is 0 Å². The summed E-state index contributed by atoms with van der Waals surface area (Å²) >= 11 is 0. The third-order valence-corrected chi connectivity index (χ3v) is 4.44. The fourth-order valence-electron chi connectivity index (χ4n) is 2.42. The molecular weight excluding hydrogens is 1620 g/mol.